The number of hydrogen-bond donors (Lipinski definition) is 0. The molecule has 0 unspecified atom stereocenters. The molecule has 3 rings (SSSR count). The molecule has 152 valence electrons. The van der Waals surface area contributed by atoms with Crippen LogP contribution in [0.4, 0.5) is 5.82 Å². The van der Waals surface area contributed by atoms with Crippen molar-refractivity contribution in [2.24, 2.45) is 0 Å². The first-order chi connectivity index (χ1) is 13.1. The van der Waals surface area contributed by atoms with Crippen molar-refractivity contribution in [1.82, 2.24) is 14.4 Å². The first-order valence-corrected chi connectivity index (χ1v) is 9.97. The molecule has 0 spiro atoms. The molecule has 7 heteroatoms. The maximum Gasteiger partial charge on any atom is 0.165 e. The number of ether oxygens (including phenoxy) is 1. The molecule has 0 radical (unpaired) electrons. The summed E-state index contributed by atoms with van der Waals surface area (Å²) in [6.45, 7) is 8.59. The Kier molecular flexibility index (Phi) is 7.96. The molecule has 0 saturated heterocycles. The van der Waals surface area contributed by atoms with Crippen LogP contribution in [0.2, 0.25) is 5.02 Å². The van der Waals surface area contributed by atoms with E-state index in [-0.39, 0.29) is 12.4 Å². The van der Waals surface area contributed by atoms with Crippen LogP contribution in [0.5, 0.6) is 5.75 Å². The standard InChI is InChI=1S/C21H27ClN4O.ClH/c1-5-11-25(12-6-2)21-18(7-3)24-20-19(23-10-13-26(20)21)16-9-8-15(27-4)14-17(16)22;/h8-10,13-14H,5-7,11-12H2,1-4H3;1H. The fourth-order valence-corrected chi connectivity index (χ4v) is 3.71. The largest absolute Gasteiger partial charge is 0.497 e. The van der Waals surface area contributed by atoms with E-state index in [1.165, 1.54) is 5.82 Å². The van der Waals surface area contributed by atoms with Crippen LogP contribution in [-0.2, 0) is 6.42 Å². The second-order valence-electron chi connectivity index (χ2n) is 6.54. The van der Waals surface area contributed by atoms with Crippen LogP contribution in [0, 0.1) is 0 Å². The Morgan fingerprint density at radius 2 is 1.86 bits per heavy atom. The van der Waals surface area contributed by atoms with Gasteiger partial charge in [0, 0.05) is 31.0 Å². The van der Waals surface area contributed by atoms with Gasteiger partial charge in [-0.05, 0) is 37.5 Å². The molecule has 0 saturated carbocycles. The predicted molar refractivity (Wildman–Crippen MR) is 119 cm³/mol. The molecule has 5 nitrogen and oxygen atoms in total. The zero-order valence-corrected chi connectivity index (χ0v) is 18.5. The van der Waals surface area contributed by atoms with Crippen LogP contribution in [0.1, 0.15) is 39.3 Å². The highest BCUT2D eigenvalue weighted by Crippen LogP contribution is 2.34. The number of rotatable bonds is 8. The van der Waals surface area contributed by atoms with Gasteiger partial charge in [0.2, 0.25) is 0 Å². The van der Waals surface area contributed by atoms with E-state index in [9.17, 15) is 0 Å². The average Bonchev–Trinajstić information content (AvgIpc) is 3.06. The van der Waals surface area contributed by atoms with Crippen LogP contribution in [-0.4, -0.2) is 34.6 Å². The normalized spacial score (nSPS) is 10.8. The Balaban J connectivity index is 0.00000280. The van der Waals surface area contributed by atoms with Gasteiger partial charge in [0.25, 0.3) is 0 Å². The fourth-order valence-electron chi connectivity index (χ4n) is 3.45. The molecule has 0 bridgehead atoms. The van der Waals surface area contributed by atoms with E-state index in [1.54, 1.807) is 7.11 Å². The number of benzene rings is 1. The molecule has 0 aliphatic heterocycles. The van der Waals surface area contributed by atoms with Gasteiger partial charge in [0.05, 0.1) is 17.8 Å². The first kappa shape index (κ1) is 22.3. The highest BCUT2D eigenvalue weighted by molar-refractivity contribution is 6.33. The highest BCUT2D eigenvalue weighted by Gasteiger charge is 2.20. The van der Waals surface area contributed by atoms with Gasteiger partial charge in [-0.25, -0.2) is 4.98 Å². The van der Waals surface area contributed by atoms with Gasteiger partial charge in [-0.3, -0.25) is 9.38 Å². The SMILES string of the molecule is CCCN(CCC)c1c(CC)nc2c(-c3ccc(OC)cc3Cl)nccn12.Cl. The average molecular weight is 423 g/mol. The van der Waals surface area contributed by atoms with Gasteiger partial charge >= 0.3 is 0 Å². The molecule has 0 aliphatic rings. The molecule has 0 atom stereocenters. The molecular formula is C21H28Cl2N4O. The Hall–Kier alpha value is -1.98. The van der Waals surface area contributed by atoms with E-state index in [0.29, 0.717) is 5.02 Å². The Morgan fingerprint density at radius 3 is 2.43 bits per heavy atom. The number of methoxy groups -OCH3 is 1. The van der Waals surface area contributed by atoms with E-state index >= 15 is 0 Å². The third kappa shape index (κ3) is 4.20. The van der Waals surface area contributed by atoms with Gasteiger partial charge in [0.15, 0.2) is 5.65 Å². The number of aryl methyl sites for hydroxylation is 1. The lowest BCUT2D eigenvalue weighted by Crippen LogP contribution is -2.27. The first-order valence-electron chi connectivity index (χ1n) is 9.59. The maximum atomic E-state index is 6.52. The summed E-state index contributed by atoms with van der Waals surface area (Å²) in [5.41, 5.74) is 3.59. The number of nitrogens with zero attached hydrogens (tertiary/aromatic N) is 4. The molecule has 0 aliphatic carbocycles. The Morgan fingerprint density at radius 1 is 1.14 bits per heavy atom. The summed E-state index contributed by atoms with van der Waals surface area (Å²) < 4.78 is 7.43. The van der Waals surface area contributed by atoms with Crippen molar-refractivity contribution in [2.45, 2.75) is 40.0 Å². The number of aromatic nitrogens is 3. The number of hydrogen-bond acceptors (Lipinski definition) is 4. The van der Waals surface area contributed by atoms with Gasteiger partial charge < -0.3 is 9.64 Å². The van der Waals surface area contributed by atoms with Gasteiger partial charge in [-0.15, -0.1) is 12.4 Å². The van der Waals surface area contributed by atoms with Gasteiger partial charge in [0.1, 0.15) is 17.3 Å². The van der Waals surface area contributed by atoms with E-state index in [2.05, 4.69) is 35.1 Å². The van der Waals surface area contributed by atoms with Crippen LogP contribution in [0.25, 0.3) is 16.9 Å². The zero-order chi connectivity index (χ0) is 19.4. The highest BCUT2D eigenvalue weighted by atomic mass is 35.5. The summed E-state index contributed by atoms with van der Waals surface area (Å²) >= 11 is 6.52. The number of anilines is 1. The van der Waals surface area contributed by atoms with E-state index in [0.717, 1.165) is 60.7 Å². The molecule has 28 heavy (non-hydrogen) atoms. The van der Waals surface area contributed by atoms with Gasteiger partial charge in [-0.2, -0.15) is 0 Å². The van der Waals surface area contributed by atoms with Crippen LogP contribution in [0.15, 0.2) is 30.6 Å². The summed E-state index contributed by atoms with van der Waals surface area (Å²) in [6.07, 6.45) is 6.88. The number of fused-ring (bicyclic) bond motifs is 1. The lowest BCUT2D eigenvalue weighted by atomic mass is 10.1. The number of halogens is 2. The van der Waals surface area contributed by atoms with Crippen molar-refractivity contribution in [2.75, 3.05) is 25.1 Å². The Bertz CT molecular complexity index is 920. The summed E-state index contributed by atoms with van der Waals surface area (Å²) in [7, 11) is 1.63. The van der Waals surface area contributed by atoms with Crippen molar-refractivity contribution >= 4 is 35.5 Å². The summed E-state index contributed by atoms with van der Waals surface area (Å²) in [6, 6.07) is 5.66. The monoisotopic (exact) mass is 422 g/mol. The molecule has 1 aromatic carbocycles. The minimum atomic E-state index is 0. The third-order valence-electron chi connectivity index (χ3n) is 4.64. The molecular weight excluding hydrogens is 395 g/mol. The smallest absolute Gasteiger partial charge is 0.165 e. The quantitative estimate of drug-likeness (QED) is 0.468. The minimum Gasteiger partial charge on any atom is -0.497 e. The summed E-state index contributed by atoms with van der Waals surface area (Å²) in [4.78, 5) is 12.0. The maximum absolute atomic E-state index is 6.52. The van der Waals surface area contributed by atoms with E-state index < -0.39 is 0 Å². The second kappa shape index (κ2) is 9.99. The topological polar surface area (TPSA) is 42.7 Å². The fraction of sp³-hybridized carbons (Fsp3) is 0.429. The Labute approximate surface area is 178 Å². The molecule has 3 aromatic rings. The third-order valence-corrected chi connectivity index (χ3v) is 4.95. The van der Waals surface area contributed by atoms with Crippen molar-refractivity contribution in [3.63, 3.8) is 0 Å². The summed E-state index contributed by atoms with van der Waals surface area (Å²) in [5.74, 6) is 1.90. The number of imidazole rings is 1. The van der Waals surface area contributed by atoms with Crippen molar-refractivity contribution in [3.05, 3.63) is 41.3 Å². The van der Waals surface area contributed by atoms with Crippen LogP contribution < -0.4 is 9.64 Å². The molecule has 2 aromatic heterocycles. The van der Waals surface area contributed by atoms with Crippen LogP contribution >= 0.6 is 24.0 Å². The predicted octanol–water partition coefficient (Wildman–Crippen LogP) is 5.67. The van der Waals surface area contributed by atoms with E-state index in [4.69, 9.17) is 21.3 Å². The summed E-state index contributed by atoms with van der Waals surface area (Å²) in [5, 5.41) is 0.608. The molecule has 2 heterocycles. The zero-order valence-electron chi connectivity index (χ0n) is 16.9. The molecule has 0 fully saturated rings. The van der Waals surface area contributed by atoms with Gasteiger partial charge in [-0.1, -0.05) is 32.4 Å². The van der Waals surface area contributed by atoms with E-state index in [1.807, 2.05) is 30.6 Å². The van der Waals surface area contributed by atoms with Crippen LogP contribution in [0.3, 0.4) is 0 Å². The van der Waals surface area contributed by atoms with Crippen molar-refractivity contribution in [1.29, 1.82) is 0 Å². The second-order valence-corrected chi connectivity index (χ2v) is 6.95. The lowest BCUT2D eigenvalue weighted by molar-refractivity contribution is 0.415. The minimum absolute atomic E-state index is 0. The van der Waals surface area contributed by atoms with Crippen molar-refractivity contribution in [3.8, 4) is 17.0 Å². The lowest BCUT2D eigenvalue weighted by Gasteiger charge is -2.24. The molecule has 0 N–H and O–H groups in total. The molecule has 0 amide bonds. The van der Waals surface area contributed by atoms with Crippen molar-refractivity contribution < 1.29 is 4.74 Å².